The summed E-state index contributed by atoms with van der Waals surface area (Å²) in [6.07, 6.45) is 5.57. The molecule has 0 bridgehead atoms. The molecule has 1 fully saturated rings. The minimum atomic E-state index is -0.684. The van der Waals surface area contributed by atoms with E-state index in [1.54, 1.807) is 54.9 Å². The van der Waals surface area contributed by atoms with Gasteiger partial charge in [0, 0.05) is 24.5 Å². The monoisotopic (exact) mass is 421 g/mol. The Bertz CT molecular complexity index is 968. The fourth-order valence-electron chi connectivity index (χ4n) is 3.58. The number of carbonyl (C=O) groups is 2. The molecule has 0 spiro atoms. The van der Waals surface area contributed by atoms with Crippen LogP contribution in [0.25, 0.3) is 5.76 Å². The molecule has 1 atom stereocenters. The van der Waals surface area contributed by atoms with Crippen LogP contribution < -0.4 is 4.74 Å². The molecule has 1 aromatic carbocycles. The maximum atomic E-state index is 12.9. The van der Waals surface area contributed by atoms with Crippen molar-refractivity contribution in [3.05, 3.63) is 78.1 Å². The van der Waals surface area contributed by atoms with Crippen LogP contribution in [-0.4, -0.2) is 65.4 Å². The van der Waals surface area contributed by atoms with Crippen molar-refractivity contribution in [2.24, 2.45) is 0 Å². The predicted octanol–water partition coefficient (Wildman–Crippen LogP) is 3.02. The number of amides is 1. The van der Waals surface area contributed by atoms with E-state index in [1.165, 1.54) is 4.90 Å². The Morgan fingerprint density at radius 2 is 1.87 bits per heavy atom. The standard InChI is InChI=1S/C24H27N3O4/c1-4-16-31-19-8-6-18(7-9-19)22(28)20-21(17-10-12-25-13-11-17)27(24(30)23(20)29)15-5-14-26(2)3/h4,6-13,21,28H,1,5,14-16H2,2-3H3/b22-20+/t21-/m0/s1. The Kier molecular flexibility index (Phi) is 7.20. The van der Waals surface area contributed by atoms with E-state index in [0.717, 1.165) is 12.1 Å². The quantitative estimate of drug-likeness (QED) is 0.290. The third kappa shape index (κ3) is 5.00. The molecule has 1 aliphatic heterocycles. The SMILES string of the molecule is C=CCOc1ccc(/C(O)=C2\C(=O)C(=O)N(CCCN(C)C)[C@H]2c2ccncc2)cc1. The molecule has 1 N–H and O–H groups in total. The van der Waals surface area contributed by atoms with Crippen LogP contribution >= 0.6 is 0 Å². The Hall–Kier alpha value is -3.45. The first-order chi connectivity index (χ1) is 14.9. The van der Waals surface area contributed by atoms with Crippen molar-refractivity contribution in [3.8, 4) is 5.75 Å². The van der Waals surface area contributed by atoms with Gasteiger partial charge in [0.05, 0.1) is 11.6 Å². The fourth-order valence-corrected chi connectivity index (χ4v) is 3.58. The first kappa shape index (κ1) is 22.2. The molecule has 1 amide bonds. The zero-order valence-electron chi connectivity index (χ0n) is 17.8. The lowest BCUT2D eigenvalue weighted by atomic mass is 9.96. The number of ketones is 1. The summed E-state index contributed by atoms with van der Waals surface area (Å²) in [6, 6.07) is 9.58. The minimum absolute atomic E-state index is 0.0841. The van der Waals surface area contributed by atoms with Gasteiger partial charge in [-0.05, 0) is 69.0 Å². The molecule has 0 unspecified atom stereocenters. The molecule has 31 heavy (non-hydrogen) atoms. The zero-order valence-corrected chi connectivity index (χ0v) is 17.8. The normalized spacial score (nSPS) is 17.9. The number of aliphatic hydroxyl groups is 1. The van der Waals surface area contributed by atoms with Crippen molar-refractivity contribution in [2.75, 3.05) is 33.8 Å². The summed E-state index contributed by atoms with van der Waals surface area (Å²) in [4.78, 5) is 33.4. The first-order valence-corrected chi connectivity index (χ1v) is 10.1. The van der Waals surface area contributed by atoms with Crippen LogP contribution in [0, 0.1) is 0 Å². The van der Waals surface area contributed by atoms with Crippen LogP contribution in [0.2, 0.25) is 0 Å². The highest BCUT2D eigenvalue weighted by Gasteiger charge is 2.45. The van der Waals surface area contributed by atoms with Crippen LogP contribution in [0.1, 0.15) is 23.6 Å². The lowest BCUT2D eigenvalue weighted by molar-refractivity contribution is -0.139. The summed E-state index contributed by atoms with van der Waals surface area (Å²) >= 11 is 0. The van der Waals surface area contributed by atoms with Crippen molar-refractivity contribution < 1.29 is 19.4 Å². The largest absolute Gasteiger partial charge is 0.507 e. The minimum Gasteiger partial charge on any atom is -0.507 e. The van der Waals surface area contributed by atoms with Crippen LogP contribution in [0.4, 0.5) is 0 Å². The van der Waals surface area contributed by atoms with Gasteiger partial charge in [0.2, 0.25) is 0 Å². The highest BCUT2D eigenvalue weighted by atomic mass is 16.5. The average Bonchev–Trinajstić information content (AvgIpc) is 3.03. The number of pyridine rings is 1. The second kappa shape index (κ2) is 10.0. The van der Waals surface area contributed by atoms with E-state index in [0.29, 0.717) is 30.9 Å². The second-order valence-electron chi connectivity index (χ2n) is 7.55. The van der Waals surface area contributed by atoms with Crippen molar-refractivity contribution in [1.29, 1.82) is 0 Å². The number of benzene rings is 1. The molecular weight excluding hydrogens is 394 g/mol. The van der Waals surface area contributed by atoms with E-state index < -0.39 is 17.7 Å². The van der Waals surface area contributed by atoms with Crippen LogP contribution in [0.5, 0.6) is 5.75 Å². The van der Waals surface area contributed by atoms with Crippen LogP contribution in [0.15, 0.2) is 67.0 Å². The van der Waals surface area contributed by atoms with Gasteiger partial charge in [0.15, 0.2) is 0 Å². The number of likely N-dealkylation sites (tertiary alicyclic amines) is 1. The molecule has 7 heteroatoms. The number of rotatable bonds is 9. The first-order valence-electron chi connectivity index (χ1n) is 10.1. The summed E-state index contributed by atoms with van der Waals surface area (Å²) < 4.78 is 5.47. The summed E-state index contributed by atoms with van der Waals surface area (Å²) in [5.74, 6) is -0.874. The average molecular weight is 421 g/mol. The molecular formula is C24H27N3O4. The molecule has 1 saturated heterocycles. The summed E-state index contributed by atoms with van der Waals surface area (Å²) in [6.45, 7) is 5.16. The molecule has 162 valence electrons. The Morgan fingerprint density at radius 3 is 2.48 bits per heavy atom. The van der Waals surface area contributed by atoms with Crippen LogP contribution in [-0.2, 0) is 9.59 Å². The lowest BCUT2D eigenvalue weighted by Gasteiger charge is -2.25. The number of aliphatic hydroxyl groups excluding tert-OH is 1. The van der Waals surface area contributed by atoms with Gasteiger partial charge < -0.3 is 19.6 Å². The Labute approximate surface area is 182 Å². The highest BCUT2D eigenvalue weighted by molar-refractivity contribution is 6.46. The molecule has 0 radical (unpaired) electrons. The third-order valence-corrected chi connectivity index (χ3v) is 5.06. The highest BCUT2D eigenvalue weighted by Crippen LogP contribution is 2.39. The van der Waals surface area contributed by atoms with Gasteiger partial charge in [-0.1, -0.05) is 12.7 Å². The number of aromatic nitrogens is 1. The zero-order chi connectivity index (χ0) is 22.4. The Balaban J connectivity index is 2.00. The molecule has 2 aromatic rings. The topological polar surface area (TPSA) is 83.0 Å². The Morgan fingerprint density at radius 1 is 1.19 bits per heavy atom. The maximum Gasteiger partial charge on any atom is 0.295 e. The van der Waals surface area contributed by atoms with Crippen molar-refractivity contribution in [2.45, 2.75) is 12.5 Å². The predicted molar refractivity (Wildman–Crippen MR) is 119 cm³/mol. The third-order valence-electron chi connectivity index (χ3n) is 5.06. The van der Waals surface area contributed by atoms with Gasteiger partial charge in [-0.3, -0.25) is 14.6 Å². The van der Waals surface area contributed by atoms with Gasteiger partial charge >= 0.3 is 0 Å². The molecule has 0 saturated carbocycles. The molecule has 2 heterocycles. The number of nitrogens with zero attached hydrogens (tertiary/aromatic N) is 3. The molecule has 3 rings (SSSR count). The smallest absolute Gasteiger partial charge is 0.295 e. The molecule has 0 aliphatic carbocycles. The van der Waals surface area contributed by atoms with E-state index >= 15 is 0 Å². The number of carbonyl (C=O) groups excluding carboxylic acids is 2. The molecule has 7 nitrogen and oxygen atoms in total. The van der Waals surface area contributed by atoms with Crippen LogP contribution in [0.3, 0.4) is 0 Å². The number of Topliss-reactive ketones (excluding diaryl/α,β-unsaturated/α-hetero) is 1. The summed E-state index contributed by atoms with van der Waals surface area (Å²) in [5.41, 5.74) is 1.25. The lowest BCUT2D eigenvalue weighted by Crippen LogP contribution is -2.32. The van der Waals surface area contributed by atoms with E-state index in [4.69, 9.17) is 4.74 Å². The van der Waals surface area contributed by atoms with E-state index in [9.17, 15) is 14.7 Å². The second-order valence-corrected chi connectivity index (χ2v) is 7.55. The number of ether oxygens (including phenoxy) is 1. The number of hydrogen-bond donors (Lipinski definition) is 1. The molecule has 1 aromatic heterocycles. The van der Waals surface area contributed by atoms with E-state index in [2.05, 4.69) is 11.6 Å². The molecule has 1 aliphatic rings. The maximum absolute atomic E-state index is 12.9. The van der Waals surface area contributed by atoms with Gasteiger partial charge in [0.1, 0.15) is 18.1 Å². The van der Waals surface area contributed by atoms with E-state index in [1.807, 2.05) is 19.0 Å². The van der Waals surface area contributed by atoms with Gasteiger partial charge in [-0.25, -0.2) is 0 Å². The van der Waals surface area contributed by atoms with Gasteiger partial charge in [-0.15, -0.1) is 0 Å². The summed E-state index contributed by atoms with van der Waals surface area (Å²) in [7, 11) is 3.91. The van der Waals surface area contributed by atoms with Gasteiger partial charge in [0.25, 0.3) is 11.7 Å². The fraction of sp³-hybridized carbons (Fsp3) is 0.292. The van der Waals surface area contributed by atoms with Gasteiger partial charge in [-0.2, -0.15) is 0 Å². The van der Waals surface area contributed by atoms with Crippen molar-refractivity contribution >= 4 is 17.4 Å². The summed E-state index contributed by atoms with van der Waals surface area (Å²) in [5, 5.41) is 11.0. The van der Waals surface area contributed by atoms with E-state index in [-0.39, 0.29) is 11.3 Å². The number of hydrogen-bond acceptors (Lipinski definition) is 6. The van der Waals surface area contributed by atoms with Crippen molar-refractivity contribution in [1.82, 2.24) is 14.8 Å². The van der Waals surface area contributed by atoms with Crippen molar-refractivity contribution in [3.63, 3.8) is 0 Å².